The van der Waals surface area contributed by atoms with E-state index in [1.54, 1.807) is 18.2 Å². The molecule has 0 unspecified atom stereocenters. The van der Waals surface area contributed by atoms with Crippen molar-refractivity contribution in [2.24, 2.45) is 0 Å². The zero-order valence-corrected chi connectivity index (χ0v) is 16.1. The fourth-order valence-corrected chi connectivity index (χ4v) is 3.11. The van der Waals surface area contributed by atoms with Crippen molar-refractivity contribution in [3.8, 4) is 11.5 Å². The zero-order valence-electron chi connectivity index (χ0n) is 16.1. The van der Waals surface area contributed by atoms with E-state index in [0.29, 0.717) is 22.7 Å². The second kappa shape index (κ2) is 7.67. The maximum absolute atomic E-state index is 12.6. The number of hydrogen-bond acceptors (Lipinski definition) is 7. The van der Waals surface area contributed by atoms with Gasteiger partial charge in [-0.05, 0) is 37.3 Å². The van der Waals surface area contributed by atoms with Crippen LogP contribution in [0.15, 0.2) is 65.1 Å². The summed E-state index contributed by atoms with van der Waals surface area (Å²) in [5.74, 6) is -0.304. The number of oxazole rings is 1. The van der Waals surface area contributed by atoms with Gasteiger partial charge in [0.15, 0.2) is 5.58 Å². The molecule has 10 heteroatoms. The van der Waals surface area contributed by atoms with E-state index in [-0.39, 0.29) is 11.1 Å². The van der Waals surface area contributed by atoms with Crippen molar-refractivity contribution in [2.45, 2.75) is 6.92 Å². The van der Waals surface area contributed by atoms with E-state index < -0.39 is 27.1 Å². The Kier molecular flexibility index (Phi) is 4.88. The fraction of sp³-hybridized carbons (Fsp3) is 0.0476. The third-order valence-electron chi connectivity index (χ3n) is 4.67. The predicted molar refractivity (Wildman–Crippen MR) is 112 cm³/mol. The summed E-state index contributed by atoms with van der Waals surface area (Å²) in [6, 6.07) is 16.1. The molecule has 0 radical (unpaired) electrons. The number of nitro groups is 2. The van der Waals surface area contributed by atoms with Crippen molar-refractivity contribution in [1.29, 1.82) is 0 Å². The molecule has 0 aliphatic heterocycles. The molecule has 0 atom stereocenters. The van der Waals surface area contributed by atoms with Gasteiger partial charge in [0, 0.05) is 23.4 Å². The topological polar surface area (TPSA) is 141 Å². The summed E-state index contributed by atoms with van der Waals surface area (Å²) in [6.45, 7) is 1.26. The number of anilines is 1. The molecule has 0 bridgehead atoms. The number of hydrogen-bond donors (Lipinski definition) is 1. The first-order chi connectivity index (χ1) is 14.8. The highest BCUT2D eigenvalue weighted by Gasteiger charge is 2.25. The van der Waals surface area contributed by atoms with Crippen molar-refractivity contribution < 1.29 is 19.1 Å². The van der Waals surface area contributed by atoms with Crippen LogP contribution >= 0.6 is 0 Å². The Balaban J connectivity index is 1.65. The van der Waals surface area contributed by atoms with Gasteiger partial charge in [-0.1, -0.05) is 18.2 Å². The van der Waals surface area contributed by atoms with E-state index in [9.17, 15) is 25.0 Å². The highest BCUT2D eigenvalue weighted by Crippen LogP contribution is 2.30. The highest BCUT2D eigenvalue weighted by molar-refractivity contribution is 6.06. The van der Waals surface area contributed by atoms with Crippen LogP contribution in [0, 0.1) is 27.2 Å². The van der Waals surface area contributed by atoms with E-state index in [0.717, 1.165) is 17.7 Å². The summed E-state index contributed by atoms with van der Waals surface area (Å²) in [7, 11) is 0. The molecular weight excluding hydrogens is 404 g/mol. The smallest absolute Gasteiger partial charge is 0.279 e. The van der Waals surface area contributed by atoms with Crippen LogP contribution in [0.2, 0.25) is 0 Å². The van der Waals surface area contributed by atoms with Gasteiger partial charge in [0.1, 0.15) is 11.1 Å². The maximum Gasteiger partial charge on any atom is 0.279 e. The van der Waals surface area contributed by atoms with Gasteiger partial charge in [0.05, 0.1) is 15.4 Å². The minimum atomic E-state index is -0.758. The monoisotopic (exact) mass is 418 g/mol. The lowest BCUT2D eigenvalue weighted by molar-refractivity contribution is -0.395. The van der Waals surface area contributed by atoms with Gasteiger partial charge < -0.3 is 9.73 Å². The molecule has 4 aromatic rings. The first kappa shape index (κ1) is 19.7. The van der Waals surface area contributed by atoms with Crippen LogP contribution in [0.5, 0.6) is 0 Å². The minimum Gasteiger partial charge on any atom is -0.436 e. The minimum absolute atomic E-state index is 0.121. The molecule has 0 saturated carbocycles. The van der Waals surface area contributed by atoms with E-state index in [1.165, 1.54) is 6.92 Å². The van der Waals surface area contributed by atoms with E-state index in [2.05, 4.69) is 10.3 Å². The summed E-state index contributed by atoms with van der Waals surface area (Å²) >= 11 is 0. The molecular formula is C21H14N4O6. The van der Waals surface area contributed by atoms with E-state index in [4.69, 9.17) is 4.42 Å². The predicted octanol–water partition coefficient (Wildman–Crippen LogP) is 4.87. The van der Waals surface area contributed by atoms with E-state index in [1.807, 2.05) is 30.3 Å². The standard InChI is InChI=1S/C21H14N4O6/c1-12-17(24(27)28)9-14(10-18(12)25(29)30)20(26)22-15-7-8-19-16(11-15)23-21(31-19)13-5-3-2-4-6-13/h2-11H,1H3,(H,22,26). The number of aromatic nitrogens is 1. The summed E-state index contributed by atoms with van der Waals surface area (Å²) in [5, 5.41) is 25.0. The van der Waals surface area contributed by atoms with Gasteiger partial charge >= 0.3 is 0 Å². The van der Waals surface area contributed by atoms with E-state index >= 15 is 0 Å². The number of fused-ring (bicyclic) bond motifs is 1. The number of carbonyl (C=O) groups is 1. The molecule has 1 amide bonds. The average Bonchev–Trinajstić information content (AvgIpc) is 3.17. The number of nitrogens with zero attached hydrogens (tertiary/aromatic N) is 3. The Morgan fingerprint density at radius 2 is 1.61 bits per heavy atom. The number of nitrogens with one attached hydrogen (secondary N) is 1. The van der Waals surface area contributed by atoms with Crippen LogP contribution in [0.3, 0.4) is 0 Å². The van der Waals surface area contributed by atoms with Gasteiger partial charge in [-0.25, -0.2) is 4.98 Å². The summed E-state index contributed by atoms with van der Waals surface area (Å²) in [6.07, 6.45) is 0. The van der Waals surface area contributed by atoms with Crippen molar-refractivity contribution in [3.05, 3.63) is 92.0 Å². The normalized spacial score (nSPS) is 10.7. The lowest BCUT2D eigenvalue weighted by Crippen LogP contribution is -2.13. The highest BCUT2D eigenvalue weighted by atomic mass is 16.6. The molecule has 0 aliphatic carbocycles. The van der Waals surface area contributed by atoms with Gasteiger partial charge in [-0.3, -0.25) is 25.0 Å². The van der Waals surface area contributed by atoms with Crippen molar-refractivity contribution in [2.75, 3.05) is 5.32 Å². The molecule has 1 aromatic heterocycles. The Labute approximate surface area is 174 Å². The molecule has 0 fully saturated rings. The molecule has 0 aliphatic rings. The van der Waals surface area contributed by atoms with Crippen molar-refractivity contribution in [1.82, 2.24) is 4.98 Å². The fourth-order valence-electron chi connectivity index (χ4n) is 3.11. The molecule has 1 heterocycles. The first-order valence-corrected chi connectivity index (χ1v) is 9.04. The second-order valence-electron chi connectivity index (χ2n) is 6.68. The van der Waals surface area contributed by atoms with Crippen molar-refractivity contribution in [3.63, 3.8) is 0 Å². The number of benzene rings is 3. The number of nitro benzene ring substituents is 2. The van der Waals surface area contributed by atoms with Crippen LogP contribution < -0.4 is 5.32 Å². The molecule has 0 saturated heterocycles. The van der Waals surface area contributed by atoms with Crippen LogP contribution in [-0.2, 0) is 0 Å². The molecule has 4 rings (SSSR count). The maximum atomic E-state index is 12.6. The average molecular weight is 418 g/mol. The molecule has 31 heavy (non-hydrogen) atoms. The lowest BCUT2D eigenvalue weighted by Gasteiger charge is -2.06. The van der Waals surface area contributed by atoms with Crippen molar-refractivity contribution >= 4 is 34.1 Å². The first-order valence-electron chi connectivity index (χ1n) is 9.04. The summed E-state index contributed by atoms with van der Waals surface area (Å²) in [5.41, 5.74) is 0.840. The Hall–Kier alpha value is -4.60. The van der Waals surface area contributed by atoms with Gasteiger partial charge in [-0.2, -0.15) is 0 Å². The Bertz CT molecular complexity index is 1310. The molecule has 0 spiro atoms. The molecule has 154 valence electrons. The van der Waals surface area contributed by atoms with Crippen LogP contribution in [0.1, 0.15) is 15.9 Å². The molecule has 10 nitrogen and oxygen atoms in total. The van der Waals surface area contributed by atoms with Crippen LogP contribution in [0.25, 0.3) is 22.6 Å². The van der Waals surface area contributed by atoms with Gasteiger partial charge in [-0.15, -0.1) is 0 Å². The Morgan fingerprint density at radius 3 is 2.23 bits per heavy atom. The zero-order chi connectivity index (χ0) is 22.1. The number of rotatable bonds is 5. The lowest BCUT2D eigenvalue weighted by atomic mass is 10.1. The van der Waals surface area contributed by atoms with Gasteiger partial charge in [0.25, 0.3) is 17.3 Å². The number of carbonyl (C=O) groups excluding carboxylic acids is 1. The third-order valence-corrected chi connectivity index (χ3v) is 4.67. The SMILES string of the molecule is Cc1c([N+](=O)[O-])cc(C(=O)Nc2ccc3oc(-c4ccccc4)nc3c2)cc1[N+](=O)[O-]. The molecule has 3 aromatic carbocycles. The van der Waals surface area contributed by atoms with Gasteiger partial charge in [0.2, 0.25) is 5.89 Å². The van der Waals surface area contributed by atoms with Crippen LogP contribution in [0.4, 0.5) is 17.1 Å². The van der Waals surface area contributed by atoms with Crippen LogP contribution in [-0.4, -0.2) is 20.7 Å². The Morgan fingerprint density at radius 1 is 0.968 bits per heavy atom. The summed E-state index contributed by atoms with van der Waals surface area (Å²) in [4.78, 5) is 38.0. The number of amides is 1. The largest absolute Gasteiger partial charge is 0.436 e. The molecule has 1 N–H and O–H groups in total. The third kappa shape index (κ3) is 3.81. The second-order valence-corrected chi connectivity index (χ2v) is 6.68. The summed E-state index contributed by atoms with van der Waals surface area (Å²) < 4.78 is 5.72. The quantitative estimate of drug-likeness (QED) is 0.360.